The second-order valence-electron chi connectivity index (χ2n) is 31.8. The van der Waals surface area contributed by atoms with Crippen LogP contribution in [0.2, 0.25) is 0 Å². The minimum Gasteiger partial charge on any atom is -0.463 e. The van der Waals surface area contributed by atoms with Crippen LogP contribution in [0, 0.1) is 0 Å². The molecule has 0 fully saturated rings. The fourth-order valence-electron chi connectivity index (χ4n) is 13.0. The maximum Gasteiger partial charge on any atom is 0.472 e. The molecule has 684 valence electrons. The van der Waals surface area contributed by atoms with Gasteiger partial charge in [-0.1, -0.05) is 391 Å². The van der Waals surface area contributed by atoms with Crippen molar-refractivity contribution in [2.24, 2.45) is 0 Å². The van der Waals surface area contributed by atoms with Crippen LogP contribution in [0.5, 0.6) is 0 Å². The van der Waals surface area contributed by atoms with Crippen molar-refractivity contribution in [1.82, 2.24) is 0 Å². The molecule has 5 unspecified atom stereocenters. The first kappa shape index (κ1) is 114. The smallest absolute Gasteiger partial charge is 0.463 e. The van der Waals surface area contributed by atoms with Crippen LogP contribution in [0.3, 0.4) is 0 Å². The number of esters is 3. The molecule has 0 spiro atoms. The highest BCUT2D eigenvalue weighted by Gasteiger charge is 2.30. The zero-order chi connectivity index (χ0) is 86.5. The van der Waals surface area contributed by atoms with Crippen LogP contribution in [0.1, 0.15) is 406 Å². The molecular weight excluding hydrogens is 1530 g/mol. The highest BCUT2D eigenvalue weighted by atomic mass is 31.2. The summed E-state index contributed by atoms with van der Waals surface area (Å²) in [7, 11) is -9.82. The first-order chi connectivity index (χ1) is 58.2. The lowest BCUT2D eigenvalue weighted by molar-refractivity contribution is -0.161. The predicted molar refractivity (Wildman–Crippen MR) is 500 cm³/mol. The van der Waals surface area contributed by atoms with Crippen molar-refractivity contribution in [1.29, 1.82) is 0 Å². The highest BCUT2D eigenvalue weighted by molar-refractivity contribution is 7.47. The Labute approximate surface area is 727 Å². The number of phosphoric ester groups is 2. The summed E-state index contributed by atoms with van der Waals surface area (Å²) in [6.07, 6.45) is 119. The maximum absolute atomic E-state index is 13.1. The van der Waals surface area contributed by atoms with E-state index in [4.69, 9.17) is 32.3 Å². The molecule has 0 rings (SSSR count). The van der Waals surface area contributed by atoms with E-state index in [0.717, 1.165) is 148 Å². The van der Waals surface area contributed by atoms with Crippen LogP contribution in [0.4, 0.5) is 0 Å². The van der Waals surface area contributed by atoms with Crippen LogP contribution in [0.25, 0.3) is 0 Å². The van der Waals surface area contributed by atoms with Gasteiger partial charge in [0.15, 0.2) is 6.10 Å². The molecule has 0 aliphatic rings. The number of carbonyl (C=O) groups excluding carboxylic acids is 3. The summed E-state index contributed by atoms with van der Waals surface area (Å²) in [5, 5.41) is 20.8. The van der Waals surface area contributed by atoms with Crippen LogP contribution >= 0.6 is 15.6 Å². The molecule has 119 heavy (non-hydrogen) atoms. The normalized spacial score (nSPS) is 14.4. The minimum atomic E-state index is -4.95. The average Bonchev–Trinajstić information content (AvgIpc) is 0.905. The van der Waals surface area contributed by atoms with E-state index in [2.05, 4.69) is 179 Å². The largest absolute Gasteiger partial charge is 0.472 e. The second kappa shape index (κ2) is 92.4. The van der Waals surface area contributed by atoms with E-state index in [9.17, 15) is 43.5 Å². The van der Waals surface area contributed by atoms with Crippen molar-refractivity contribution in [3.8, 4) is 0 Å². The molecule has 0 aromatic heterocycles. The molecule has 0 saturated carbocycles. The van der Waals surface area contributed by atoms with E-state index in [0.29, 0.717) is 19.3 Å². The first-order valence-electron chi connectivity index (χ1n) is 47.8. The van der Waals surface area contributed by atoms with E-state index in [1.807, 2.05) is 0 Å². The Bertz CT molecular complexity index is 2790. The van der Waals surface area contributed by atoms with Gasteiger partial charge in [0.2, 0.25) is 0 Å². The van der Waals surface area contributed by atoms with E-state index >= 15 is 0 Å². The lowest BCUT2D eigenvalue weighted by Crippen LogP contribution is -2.30. The quantitative estimate of drug-likeness (QED) is 0.0146. The van der Waals surface area contributed by atoms with Gasteiger partial charge in [-0.25, -0.2) is 9.13 Å². The lowest BCUT2D eigenvalue weighted by Gasteiger charge is -2.21. The van der Waals surface area contributed by atoms with Crippen LogP contribution in [-0.2, 0) is 55.8 Å². The summed E-state index contributed by atoms with van der Waals surface area (Å²) in [6.45, 7) is 2.55. The molecule has 0 aliphatic heterocycles. The molecule has 5 atom stereocenters. The Hall–Kier alpha value is -4.83. The average molecular weight is 1710 g/mol. The van der Waals surface area contributed by atoms with Gasteiger partial charge in [-0.15, -0.1) is 0 Å². The van der Waals surface area contributed by atoms with E-state index in [1.165, 1.54) is 199 Å². The van der Waals surface area contributed by atoms with Crippen LogP contribution in [0.15, 0.2) is 158 Å². The van der Waals surface area contributed by atoms with Crippen molar-refractivity contribution in [3.63, 3.8) is 0 Å². The zero-order valence-corrected chi connectivity index (χ0v) is 77.3. The number of rotatable bonds is 90. The number of hydrogen-bond donors (Lipinski definition) is 4. The van der Waals surface area contributed by atoms with Gasteiger partial charge in [-0.3, -0.25) is 32.5 Å². The standard InChI is InChI=1S/C101H174O16P2/c1-4-7-10-13-16-19-22-25-28-31-34-37-39-41-43-45-47-49-51-53-55-58-60-63-66-69-72-75-78-81-84-87-99(104)111-90-96(102)91-113-118(107,108)114-92-97(103)93-115-119(109,110)116-95-98(117-101(106)89-86-83-80-77-74-71-68-65-62-57-36-33-30-27-24-21-18-15-12-9-6-3)94-112-100(105)88-85-82-79-76-73-70-67-64-61-59-56-54-52-50-48-46-44-42-40-38-35-32-29-26-23-20-17-14-11-8-5-2/h7,10,16-21,25-30,34-38,41-44,57,65,68,96-98,102-103H,4-6,8-9,11-15,22-24,31-33,39-40,45-56,58-64,66-67,69-95H2,1-3H3,(H,107,108)(H,109,110)/b10-7-,19-16-,20-17-,21-18-,28-25-,29-26-,30-27-,37-34-,38-35-,43-41-,44-42-,57-36-,68-65-. The Morgan fingerprint density at radius 1 is 0.244 bits per heavy atom. The number of phosphoric acid groups is 2. The Morgan fingerprint density at radius 3 is 0.706 bits per heavy atom. The summed E-state index contributed by atoms with van der Waals surface area (Å²) in [5.74, 6) is -1.58. The van der Waals surface area contributed by atoms with Crippen molar-refractivity contribution < 1.29 is 75.8 Å². The predicted octanol–water partition coefficient (Wildman–Crippen LogP) is 29.7. The third-order valence-electron chi connectivity index (χ3n) is 20.2. The molecule has 4 N–H and O–H groups in total. The summed E-state index contributed by atoms with van der Waals surface area (Å²) >= 11 is 0. The summed E-state index contributed by atoms with van der Waals surface area (Å²) in [5.41, 5.74) is 0. The number of carbonyl (C=O) groups is 3. The van der Waals surface area contributed by atoms with Gasteiger partial charge in [0.05, 0.1) is 26.4 Å². The van der Waals surface area contributed by atoms with Gasteiger partial charge in [-0.2, -0.15) is 0 Å². The van der Waals surface area contributed by atoms with Gasteiger partial charge in [-0.05, 0) is 154 Å². The molecule has 0 amide bonds. The zero-order valence-electron chi connectivity index (χ0n) is 75.5. The van der Waals surface area contributed by atoms with E-state index in [1.54, 1.807) is 0 Å². The summed E-state index contributed by atoms with van der Waals surface area (Å²) in [6, 6.07) is 0. The maximum atomic E-state index is 13.1. The molecule has 18 heteroatoms. The molecule has 0 radical (unpaired) electrons. The number of unbranched alkanes of at least 4 members (excludes halogenated alkanes) is 41. The number of aliphatic hydroxyl groups is 2. The van der Waals surface area contributed by atoms with Crippen LogP contribution in [-0.4, -0.2) is 95.9 Å². The van der Waals surface area contributed by atoms with Gasteiger partial charge in [0, 0.05) is 19.3 Å². The molecule has 0 heterocycles. The number of ether oxygens (including phenoxy) is 3. The monoisotopic (exact) mass is 1710 g/mol. The second-order valence-corrected chi connectivity index (χ2v) is 34.7. The molecule has 16 nitrogen and oxygen atoms in total. The third kappa shape index (κ3) is 93.7. The van der Waals surface area contributed by atoms with Gasteiger partial charge < -0.3 is 34.2 Å². The Morgan fingerprint density at radius 2 is 0.445 bits per heavy atom. The first-order valence-corrected chi connectivity index (χ1v) is 50.8. The summed E-state index contributed by atoms with van der Waals surface area (Å²) in [4.78, 5) is 59.1. The van der Waals surface area contributed by atoms with Crippen molar-refractivity contribution in [2.45, 2.75) is 424 Å². The lowest BCUT2D eigenvalue weighted by atomic mass is 10.0. The molecular formula is C101H174O16P2. The molecule has 0 aromatic carbocycles. The topological polar surface area (TPSA) is 231 Å². The fourth-order valence-corrected chi connectivity index (χ4v) is 14.6. The number of aliphatic hydroxyl groups excluding tert-OH is 2. The van der Waals surface area contributed by atoms with Gasteiger partial charge >= 0.3 is 33.6 Å². The van der Waals surface area contributed by atoms with E-state index in [-0.39, 0.29) is 19.3 Å². The molecule has 0 aromatic rings. The SMILES string of the molecule is CC/C=C\C/C=C\C/C=C\C/C=C\C/C=C\CCCCCCCCCCCCCCCCCC(=O)OCC(O)COP(=O)(O)OCC(O)COP(=O)(O)OCC(COC(=O)CCCCCCCCCCCCCCCCC/C=C\C/C=C\C/C=C\C/C=C\CCCCC)OC(=O)CCCCCCC/C=C\C/C=C\C/C=C\C/C=C\CCCCC. The summed E-state index contributed by atoms with van der Waals surface area (Å²) < 4.78 is 61.5. The van der Waals surface area contributed by atoms with E-state index < -0.39 is 91.5 Å². The van der Waals surface area contributed by atoms with Gasteiger partial charge in [0.25, 0.3) is 0 Å². The molecule has 0 bridgehead atoms. The van der Waals surface area contributed by atoms with Crippen molar-refractivity contribution >= 4 is 33.6 Å². The minimum absolute atomic E-state index is 0.0814. The molecule has 0 aliphatic carbocycles. The Balaban J connectivity index is 4.58. The fraction of sp³-hybridized carbons (Fsp3) is 0.713. The van der Waals surface area contributed by atoms with Crippen molar-refractivity contribution in [3.05, 3.63) is 158 Å². The molecule has 0 saturated heterocycles. The Kier molecular flexibility index (Phi) is 88.6. The third-order valence-corrected chi connectivity index (χ3v) is 22.1. The van der Waals surface area contributed by atoms with Crippen molar-refractivity contribution in [2.75, 3.05) is 39.6 Å². The van der Waals surface area contributed by atoms with Gasteiger partial charge in [0.1, 0.15) is 25.4 Å². The highest BCUT2D eigenvalue weighted by Crippen LogP contribution is 2.45. The number of hydrogen-bond acceptors (Lipinski definition) is 14. The number of allylic oxidation sites excluding steroid dienone is 26. The van der Waals surface area contributed by atoms with Crippen LogP contribution < -0.4 is 0 Å².